The minimum Gasteiger partial charge on any atom is -0.464 e. The highest BCUT2D eigenvalue weighted by molar-refractivity contribution is 6.34. The van der Waals surface area contributed by atoms with Gasteiger partial charge in [-0.3, -0.25) is 15.2 Å². The minimum absolute atomic E-state index is 0.0106. The van der Waals surface area contributed by atoms with E-state index < -0.39 is 12.0 Å². The molecular weight excluding hydrogens is 293 g/mol. The van der Waals surface area contributed by atoms with Crippen LogP contribution in [0, 0.1) is 0 Å². The summed E-state index contributed by atoms with van der Waals surface area (Å²) in [5.74, 6) is -0.604. The van der Waals surface area contributed by atoms with Gasteiger partial charge < -0.3 is 4.74 Å². The van der Waals surface area contributed by atoms with Crippen LogP contribution in [0.2, 0.25) is 10.2 Å². The SMILES string of the molecule is CCOC(=O)C1CC(=O)NN1c1nc(Cl)ccc1Cl. The number of nitrogens with zero attached hydrogens (tertiary/aromatic N) is 2. The van der Waals surface area contributed by atoms with E-state index in [1.54, 1.807) is 13.0 Å². The predicted octanol–water partition coefficient (Wildman–Crippen LogP) is 1.56. The third-order valence-corrected chi connectivity index (χ3v) is 3.02. The number of esters is 1. The van der Waals surface area contributed by atoms with E-state index in [4.69, 9.17) is 27.9 Å². The molecule has 1 fully saturated rings. The van der Waals surface area contributed by atoms with Crippen molar-refractivity contribution < 1.29 is 14.3 Å². The highest BCUT2D eigenvalue weighted by Crippen LogP contribution is 2.28. The fourth-order valence-electron chi connectivity index (χ4n) is 1.73. The Morgan fingerprint density at radius 2 is 2.32 bits per heavy atom. The predicted molar refractivity (Wildman–Crippen MR) is 69.9 cm³/mol. The van der Waals surface area contributed by atoms with E-state index >= 15 is 0 Å². The smallest absolute Gasteiger partial charge is 0.331 e. The van der Waals surface area contributed by atoms with E-state index in [1.807, 2.05) is 0 Å². The molecule has 2 rings (SSSR count). The lowest BCUT2D eigenvalue weighted by atomic mass is 10.2. The van der Waals surface area contributed by atoms with Crippen molar-refractivity contribution in [1.82, 2.24) is 10.4 Å². The Morgan fingerprint density at radius 1 is 1.58 bits per heavy atom. The number of nitrogens with one attached hydrogen (secondary N) is 1. The lowest BCUT2D eigenvalue weighted by Gasteiger charge is -2.23. The van der Waals surface area contributed by atoms with Crippen molar-refractivity contribution in [1.29, 1.82) is 0 Å². The molecule has 1 amide bonds. The molecule has 1 unspecified atom stereocenters. The Balaban J connectivity index is 2.33. The zero-order valence-corrected chi connectivity index (χ0v) is 11.5. The summed E-state index contributed by atoms with van der Waals surface area (Å²) in [6.45, 7) is 1.92. The molecule has 8 heteroatoms. The number of carbonyl (C=O) groups is 2. The third kappa shape index (κ3) is 2.90. The Hall–Kier alpha value is -1.53. The van der Waals surface area contributed by atoms with Crippen molar-refractivity contribution in [2.24, 2.45) is 0 Å². The summed E-state index contributed by atoms with van der Waals surface area (Å²) >= 11 is 11.8. The summed E-state index contributed by atoms with van der Waals surface area (Å²) in [7, 11) is 0. The number of carbonyl (C=O) groups excluding carboxylic acids is 2. The van der Waals surface area contributed by atoms with E-state index in [-0.39, 0.29) is 34.9 Å². The van der Waals surface area contributed by atoms with Crippen LogP contribution in [0.25, 0.3) is 0 Å². The monoisotopic (exact) mass is 303 g/mol. The van der Waals surface area contributed by atoms with Crippen LogP contribution in [0.15, 0.2) is 12.1 Å². The molecule has 0 saturated carbocycles. The van der Waals surface area contributed by atoms with Crippen LogP contribution in [-0.4, -0.2) is 29.5 Å². The molecule has 102 valence electrons. The normalized spacial score (nSPS) is 18.4. The van der Waals surface area contributed by atoms with E-state index in [1.165, 1.54) is 11.1 Å². The van der Waals surface area contributed by atoms with Gasteiger partial charge >= 0.3 is 5.97 Å². The summed E-state index contributed by atoms with van der Waals surface area (Å²) < 4.78 is 4.92. The van der Waals surface area contributed by atoms with Gasteiger partial charge in [-0.15, -0.1) is 0 Å². The fourth-order valence-corrected chi connectivity index (χ4v) is 2.07. The van der Waals surface area contributed by atoms with Gasteiger partial charge in [-0.05, 0) is 19.1 Å². The van der Waals surface area contributed by atoms with Crippen molar-refractivity contribution >= 4 is 40.9 Å². The molecule has 0 aliphatic carbocycles. The summed E-state index contributed by atoms with van der Waals surface area (Å²) in [4.78, 5) is 27.3. The van der Waals surface area contributed by atoms with Gasteiger partial charge in [0.1, 0.15) is 5.15 Å². The first kappa shape index (κ1) is 13.9. The third-order valence-electron chi connectivity index (χ3n) is 2.52. The number of hydrazine groups is 1. The largest absolute Gasteiger partial charge is 0.464 e. The number of halogens is 2. The molecule has 1 atom stereocenters. The summed E-state index contributed by atoms with van der Waals surface area (Å²) in [5.41, 5.74) is 2.52. The highest BCUT2D eigenvalue weighted by atomic mass is 35.5. The lowest BCUT2D eigenvalue weighted by molar-refractivity contribution is -0.144. The summed E-state index contributed by atoms with van der Waals surface area (Å²) in [6, 6.07) is 2.26. The average Bonchev–Trinajstić information content (AvgIpc) is 2.75. The summed E-state index contributed by atoms with van der Waals surface area (Å²) in [6.07, 6.45) is -0.0106. The number of hydrogen-bond donors (Lipinski definition) is 1. The second kappa shape index (κ2) is 5.63. The van der Waals surface area contributed by atoms with Crippen LogP contribution < -0.4 is 10.4 Å². The Bertz CT molecular complexity index is 524. The molecule has 1 N–H and O–H groups in total. The van der Waals surface area contributed by atoms with Crippen molar-refractivity contribution in [2.75, 3.05) is 11.6 Å². The molecule has 6 nitrogen and oxygen atoms in total. The topological polar surface area (TPSA) is 71.5 Å². The Morgan fingerprint density at radius 3 is 3.00 bits per heavy atom. The second-order valence-corrected chi connectivity index (χ2v) is 4.61. The van der Waals surface area contributed by atoms with Crippen LogP contribution in [0.5, 0.6) is 0 Å². The average molecular weight is 304 g/mol. The number of hydrogen-bond acceptors (Lipinski definition) is 5. The minimum atomic E-state index is -0.795. The highest BCUT2D eigenvalue weighted by Gasteiger charge is 2.38. The number of ether oxygens (including phenoxy) is 1. The van der Waals surface area contributed by atoms with Crippen LogP contribution in [0.1, 0.15) is 13.3 Å². The maximum Gasteiger partial charge on any atom is 0.331 e. The number of amides is 1. The first-order chi connectivity index (χ1) is 9.02. The molecule has 1 aliphatic rings. The fraction of sp³-hybridized carbons (Fsp3) is 0.364. The van der Waals surface area contributed by atoms with E-state index in [2.05, 4.69) is 10.4 Å². The number of aromatic nitrogens is 1. The molecule has 0 radical (unpaired) electrons. The van der Waals surface area contributed by atoms with Crippen molar-refractivity contribution in [3.63, 3.8) is 0 Å². The van der Waals surface area contributed by atoms with Gasteiger partial charge in [-0.25, -0.2) is 9.78 Å². The molecular formula is C11H11Cl2N3O3. The van der Waals surface area contributed by atoms with Gasteiger partial charge in [0.2, 0.25) is 5.91 Å². The number of anilines is 1. The lowest BCUT2D eigenvalue weighted by Crippen LogP contribution is -2.43. The maximum absolute atomic E-state index is 11.8. The molecule has 1 aliphatic heterocycles. The van der Waals surface area contributed by atoms with Gasteiger partial charge in [0.25, 0.3) is 0 Å². The van der Waals surface area contributed by atoms with Crippen LogP contribution in [-0.2, 0) is 14.3 Å². The molecule has 0 bridgehead atoms. The first-order valence-electron chi connectivity index (χ1n) is 5.60. The van der Waals surface area contributed by atoms with Crippen LogP contribution in [0.3, 0.4) is 0 Å². The molecule has 1 aromatic heterocycles. The zero-order valence-electron chi connectivity index (χ0n) is 10.0. The van der Waals surface area contributed by atoms with E-state index in [0.29, 0.717) is 0 Å². The van der Waals surface area contributed by atoms with E-state index in [0.717, 1.165) is 0 Å². The van der Waals surface area contributed by atoms with Gasteiger partial charge in [0, 0.05) is 0 Å². The van der Waals surface area contributed by atoms with Gasteiger partial charge in [-0.2, -0.15) is 0 Å². The number of pyridine rings is 1. The Labute approximate surface area is 119 Å². The van der Waals surface area contributed by atoms with Crippen LogP contribution >= 0.6 is 23.2 Å². The molecule has 1 saturated heterocycles. The maximum atomic E-state index is 11.8. The van der Waals surface area contributed by atoms with Crippen molar-refractivity contribution in [3.8, 4) is 0 Å². The first-order valence-corrected chi connectivity index (χ1v) is 6.36. The van der Waals surface area contributed by atoms with Crippen molar-refractivity contribution in [2.45, 2.75) is 19.4 Å². The molecule has 2 heterocycles. The molecule has 0 spiro atoms. The van der Waals surface area contributed by atoms with Crippen LogP contribution in [0.4, 0.5) is 5.82 Å². The number of rotatable bonds is 3. The van der Waals surface area contributed by atoms with E-state index in [9.17, 15) is 9.59 Å². The molecule has 0 aromatic carbocycles. The standard InChI is InChI=1S/C11H11Cl2N3O3/c1-2-19-11(18)7-5-9(17)15-16(7)10-6(12)3-4-8(13)14-10/h3-4,7H,2,5H2,1H3,(H,15,17). The second-order valence-electron chi connectivity index (χ2n) is 3.82. The van der Waals surface area contributed by atoms with Gasteiger partial charge in [0.15, 0.2) is 11.9 Å². The molecule has 19 heavy (non-hydrogen) atoms. The Kier molecular flexibility index (Phi) is 4.11. The zero-order chi connectivity index (χ0) is 14.0. The molecule has 1 aromatic rings. The van der Waals surface area contributed by atoms with Crippen molar-refractivity contribution in [3.05, 3.63) is 22.3 Å². The quantitative estimate of drug-likeness (QED) is 0.678. The van der Waals surface area contributed by atoms with Gasteiger partial charge in [-0.1, -0.05) is 23.2 Å². The summed E-state index contributed by atoms with van der Waals surface area (Å²) in [5, 5.41) is 1.78. The van der Waals surface area contributed by atoms with Gasteiger partial charge in [0.05, 0.1) is 18.1 Å².